The molecule has 4 nitrogen and oxygen atoms in total. The molecule has 0 saturated heterocycles. The molecule has 1 unspecified atom stereocenters. The van der Waals surface area contributed by atoms with Crippen molar-refractivity contribution in [1.82, 2.24) is 0 Å². The van der Waals surface area contributed by atoms with E-state index in [0.29, 0.717) is 0 Å². The van der Waals surface area contributed by atoms with Crippen molar-refractivity contribution in [3.05, 3.63) is 35.9 Å². The van der Waals surface area contributed by atoms with Gasteiger partial charge < -0.3 is 10.5 Å². The molecule has 1 atom stereocenters. The van der Waals surface area contributed by atoms with Gasteiger partial charge in [-0.15, -0.1) is 0 Å². The van der Waals surface area contributed by atoms with Gasteiger partial charge in [0.1, 0.15) is 12.2 Å². The Morgan fingerprint density at radius 1 is 1.31 bits per heavy atom. The van der Waals surface area contributed by atoms with E-state index in [0.717, 1.165) is 5.56 Å². The fourth-order valence-corrected chi connectivity index (χ4v) is 1.37. The third-order valence-corrected chi connectivity index (χ3v) is 2.24. The third kappa shape index (κ3) is 3.82. The molecule has 0 amide bonds. The average molecular weight is 221 g/mol. The van der Waals surface area contributed by atoms with Crippen LogP contribution in [0.2, 0.25) is 0 Å². The van der Waals surface area contributed by atoms with Gasteiger partial charge in [0.15, 0.2) is 0 Å². The Labute approximate surface area is 94.4 Å². The van der Waals surface area contributed by atoms with Gasteiger partial charge in [0.25, 0.3) is 0 Å². The summed E-state index contributed by atoms with van der Waals surface area (Å²) in [6, 6.07) is 8.96. The minimum atomic E-state index is -0.523. The molecule has 16 heavy (non-hydrogen) atoms. The fraction of sp³-hybridized carbons (Fsp3) is 0.333. The van der Waals surface area contributed by atoms with Crippen LogP contribution in [-0.2, 0) is 14.3 Å². The summed E-state index contributed by atoms with van der Waals surface area (Å²) in [4.78, 5) is 22.3. The van der Waals surface area contributed by atoms with Crippen LogP contribution in [0, 0.1) is 0 Å². The van der Waals surface area contributed by atoms with Crippen molar-refractivity contribution < 1.29 is 14.3 Å². The lowest BCUT2D eigenvalue weighted by molar-refractivity contribution is -0.143. The van der Waals surface area contributed by atoms with E-state index in [1.807, 2.05) is 30.3 Å². The molecular weight excluding hydrogens is 206 g/mol. The van der Waals surface area contributed by atoms with Crippen molar-refractivity contribution in [3.8, 4) is 0 Å². The highest BCUT2D eigenvalue weighted by Crippen LogP contribution is 2.14. The zero-order chi connectivity index (χ0) is 12.0. The van der Waals surface area contributed by atoms with E-state index >= 15 is 0 Å². The van der Waals surface area contributed by atoms with Gasteiger partial charge in [0.05, 0.1) is 7.11 Å². The molecule has 86 valence electrons. The molecule has 2 N–H and O–H groups in total. The Hall–Kier alpha value is -1.68. The molecule has 0 aromatic heterocycles. The zero-order valence-corrected chi connectivity index (χ0v) is 9.18. The van der Waals surface area contributed by atoms with Gasteiger partial charge in [-0.2, -0.15) is 0 Å². The third-order valence-electron chi connectivity index (χ3n) is 2.24. The predicted octanol–water partition coefficient (Wildman–Crippen LogP) is 1.21. The molecule has 0 heterocycles. The first kappa shape index (κ1) is 12.4. The highest BCUT2D eigenvalue weighted by molar-refractivity contribution is 5.95. The van der Waals surface area contributed by atoms with E-state index in [1.165, 1.54) is 7.11 Å². The van der Waals surface area contributed by atoms with Crippen LogP contribution in [0.4, 0.5) is 0 Å². The smallest absolute Gasteiger partial charge is 0.313 e. The van der Waals surface area contributed by atoms with Crippen molar-refractivity contribution in [1.29, 1.82) is 0 Å². The molecule has 1 aromatic carbocycles. The van der Waals surface area contributed by atoms with Gasteiger partial charge in [-0.3, -0.25) is 9.59 Å². The van der Waals surface area contributed by atoms with Crippen molar-refractivity contribution in [3.63, 3.8) is 0 Å². The summed E-state index contributed by atoms with van der Waals surface area (Å²) in [5.41, 5.74) is 6.73. The van der Waals surface area contributed by atoms with Crippen molar-refractivity contribution in [2.75, 3.05) is 7.11 Å². The second-order valence-electron chi connectivity index (χ2n) is 3.51. The molecule has 4 heteroatoms. The molecule has 1 rings (SSSR count). The molecule has 0 spiro atoms. The molecule has 0 aliphatic carbocycles. The lowest BCUT2D eigenvalue weighted by Gasteiger charge is -2.10. The molecular formula is C12H15NO3. The summed E-state index contributed by atoms with van der Waals surface area (Å²) in [6.07, 6.45) is -0.0594. The Morgan fingerprint density at radius 2 is 1.94 bits per heavy atom. The van der Waals surface area contributed by atoms with Crippen LogP contribution in [0.1, 0.15) is 24.4 Å². The monoisotopic (exact) mass is 221 g/mol. The maximum Gasteiger partial charge on any atom is 0.313 e. The number of carbonyl (C=O) groups is 2. The number of esters is 1. The number of nitrogens with two attached hydrogens (primary N) is 1. The first-order valence-electron chi connectivity index (χ1n) is 5.02. The highest BCUT2D eigenvalue weighted by Gasteiger charge is 2.14. The van der Waals surface area contributed by atoms with Gasteiger partial charge in [-0.05, 0) is 5.56 Å². The number of rotatable bonds is 5. The molecule has 0 aliphatic heterocycles. The number of carbonyl (C=O) groups excluding carboxylic acids is 2. The highest BCUT2D eigenvalue weighted by atomic mass is 16.5. The topological polar surface area (TPSA) is 69.4 Å². The van der Waals surface area contributed by atoms with Crippen LogP contribution < -0.4 is 5.73 Å². The largest absolute Gasteiger partial charge is 0.469 e. The van der Waals surface area contributed by atoms with Crippen LogP contribution in [-0.4, -0.2) is 18.9 Å². The summed E-state index contributed by atoms with van der Waals surface area (Å²) in [6.45, 7) is 0. The first-order chi connectivity index (χ1) is 7.63. The second kappa shape index (κ2) is 6.02. The number of hydrogen-bond acceptors (Lipinski definition) is 4. The van der Waals surface area contributed by atoms with E-state index in [1.54, 1.807) is 0 Å². The van der Waals surface area contributed by atoms with E-state index in [2.05, 4.69) is 4.74 Å². The maximum atomic E-state index is 11.4. The molecule has 0 bridgehead atoms. The van der Waals surface area contributed by atoms with Gasteiger partial charge in [-0.1, -0.05) is 30.3 Å². The Bertz CT molecular complexity index is 362. The SMILES string of the molecule is COC(=O)CC(=O)CC(N)c1ccccc1. The quantitative estimate of drug-likeness (QED) is 0.599. The maximum absolute atomic E-state index is 11.4. The predicted molar refractivity (Wildman–Crippen MR) is 59.6 cm³/mol. The molecule has 0 aliphatic rings. The van der Waals surface area contributed by atoms with Gasteiger partial charge in [0.2, 0.25) is 0 Å². The number of ketones is 1. The van der Waals surface area contributed by atoms with Crippen LogP contribution in [0.5, 0.6) is 0 Å². The standard InChI is InChI=1S/C12H15NO3/c1-16-12(15)8-10(14)7-11(13)9-5-3-2-4-6-9/h2-6,11H,7-8,13H2,1H3. The van der Waals surface area contributed by atoms with E-state index in [9.17, 15) is 9.59 Å². The summed E-state index contributed by atoms with van der Waals surface area (Å²) in [5, 5.41) is 0. The van der Waals surface area contributed by atoms with Crippen molar-refractivity contribution >= 4 is 11.8 Å². The summed E-state index contributed by atoms with van der Waals surface area (Å²) in [7, 11) is 1.26. The van der Waals surface area contributed by atoms with Crippen LogP contribution in [0.15, 0.2) is 30.3 Å². The van der Waals surface area contributed by atoms with Crippen LogP contribution >= 0.6 is 0 Å². The summed E-state index contributed by atoms with van der Waals surface area (Å²) in [5.74, 6) is -0.728. The van der Waals surface area contributed by atoms with Crippen molar-refractivity contribution in [2.45, 2.75) is 18.9 Å². The Kier molecular flexibility index (Phi) is 4.66. The van der Waals surface area contributed by atoms with Gasteiger partial charge >= 0.3 is 5.97 Å². The lowest BCUT2D eigenvalue weighted by atomic mass is 10.0. The van der Waals surface area contributed by atoms with Crippen LogP contribution in [0.3, 0.4) is 0 Å². The lowest BCUT2D eigenvalue weighted by Crippen LogP contribution is -2.18. The Balaban J connectivity index is 2.49. The van der Waals surface area contributed by atoms with E-state index in [4.69, 9.17) is 5.73 Å². The number of Topliss-reactive ketones (excluding diaryl/α,β-unsaturated/α-hetero) is 1. The normalized spacial score (nSPS) is 11.9. The van der Waals surface area contributed by atoms with Crippen molar-refractivity contribution in [2.24, 2.45) is 5.73 Å². The van der Waals surface area contributed by atoms with Gasteiger partial charge in [-0.25, -0.2) is 0 Å². The number of benzene rings is 1. The second-order valence-corrected chi connectivity index (χ2v) is 3.51. The molecule has 0 saturated carbocycles. The molecule has 1 aromatic rings. The van der Waals surface area contributed by atoms with E-state index in [-0.39, 0.29) is 24.7 Å². The zero-order valence-electron chi connectivity index (χ0n) is 9.18. The minimum absolute atomic E-state index is 0.152. The summed E-state index contributed by atoms with van der Waals surface area (Å²) >= 11 is 0. The number of methoxy groups -OCH3 is 1. The Morgan fingerprint density at radius 3 is 2.50 bits per heavy atom. The number of hydrogen-bond donors (Lipinski definition) is 1. The molecule has 0 fully saturated rings. The van der Waals surface area contributed by atoms with Crippen LogP contribution in [0.25, 0.3) is 0 Å². The van der Waals surface area contributed by atoms with E-state index < -0.39 is 5.97 Å². The van der Waals surface area contributed by atoms with Gasteiger partial charge in [0, 0.05) is 12.5 Å². The minimum Gasteiger partial charge on any atom is -0.469 e. The number of ether oxygens (including phenoxy) is 1. The molecule has 0 radical (unpaired) electrons. The first-order valence-corrected chi connectivity index (χ1v) is 5.02. The fourth-order valence-electron chi connectivity index (χ4n) is 1.37. The summed E-state index contributed by atoms with van der Waals surface area (Å²) < 4.78 is 4.41. The average Bonchev–Trinajstić information content (AvgIpc) is 2.29.